The van der Waals surface area contributed by atoms with E-state index in [1.807, 2.05) is 25.1 Å². The van der Waals surface area contributed by atoms with Crippen LogP contribution in [0.2, 0.25) is 10.0 Å². The zero-order valence-corrected chi connectivity index (χ0v) is 24.5. The molecule has 0 atom stereocenters. The summed E-state index contributed by atoms with van der Waals surface area (Å²) in [5.74, 6) is 0.485. The van der Waals surface area contributed by atoms with Crippen molar-refractivity contribution in [2.24, 2.45) is 0 Å². The molecule has 2 amide bonds. The summed E-state index contributed by atoms with van der Waals surface area (Å²) in [6.45, 7) is 6.38. The van der Waals surface area contributed by atoms with Crippen molar-refractivity contribution in [2.75, 3.05) is 13.2 Å². The molecule has 1 fully saturated rings. The molecule has 0 unspecified atom stereocenters. The first-order valence-electron chi connectivity index (χ1n) is 11.9. The first kappa shape index (κ1) is 29.0. The van der Waals surface area contributed by atoms with Gasteiger partial charge in [0, 0.05) is 5.02 Å². The van der Waals surface area contributed by atoms with Crippen molar-refractivity contribution in [3.63, 3.8) is 0 Å². The number of halogens is 2. The molecule has 0 bridgehead atoms. The van der Waals surface area contributed by atoms with Crippen molar-refractivity contribution in [3.05, 3.63) is 92.3 Å². The van der Waals surface area contributed by atoms with Crippen molar-refractivity contribution in [3.8, 4) is 11.5 Å². The van der Waals surface area contributed by atoms with Gasteiger partial charge < -0.3 is 8.92 Å². The van der Waals surface area contributed by atoms with E-state index in [1.165, 1.54) is 42.5 Å². The SMILES string of the molecule is Cc1ccc(C(C)C)c(OCCN2C(=O)S/C(=C\c3ccc(OS(=O)(=O)c4ccc(Cl)cc4)c(Cl)c3)C2=O)c1. The van der Waals surface area contributed by atoms with Crippen LogP contribution in [0.25, 0.3) is 6.08 Å². The van der Waals surface area contributed by atoms with Crippen LogP contribution in [0.4, 0.5) is 4.79 Å². The van der Waals surface area contributed by atoms with Crippen molar-refractivity contribution in [1.29, 1.82) is 0 Å². The number of ether oxygens (including phenoxy) is 1. The quantitative estimate of drug-likeness (QED) is 0.186. The molecule has 1 saturated heterocycles. The van der Waals surface area contributed by atoms with Crippen LogP contribution in [-0.4, -0.2) is 37.6 Å². The highest BCUT2D eigenvalue weighted by Gasteiger charge is 2.35. The zero-order valence-electron chi connectivity index (χ0n) is 21.3. The second kappa shape index (κ2) is 12.0. The molecule has 204 valence electrons. The molecule has 3 aromatic rings. The van der Waals surface area contributed by atoms with E-state index in [-0.39, 0.29) is 39.6 Å². The maximum absolute atomic E-state index is 12.9. The van der Waals surface area contributed by atoms with E-state index in [0.717, 1.165) is 33.5 Å². The molecular formula is C28H25Cl2NO6S2. The summed E-state index contributed by atoms with van der Waals surface area (Å²) in [5, 5.41) is 0.0103. The first-order chi connectivity index (χ1) is 18.4. The molecule has 3 aromatic carbocycles. The number of carbonyl (C=O) groups excluding carboxylic acids is 2. The fourth-order valence-corrected chi connectivity index (χ4v) is 5.99. The maximum Gasteiger partial charge on any atom is 0.339 e. The number of thioether (sulfide) groups is 1. The van der Waals surface area contributed by atoms with Crippen LogP contribution in [0.3, 0.4) is 0 Å². The largest absolute Gasteiger partial charge is 0.491 e. The van der Waals surface area contributed by atoms with Crippen LogP contribution in [0.1, 0.15) is 36.5 Å². The lowest BCUT2D eigenvalue weighted by atomic mass is 10.0. The standard InChI is InChI=1S/C28H25Cl2NO6S2/c1-17(2)22-10-4-18(3)14-25(22)36-13-12-31-27(32)26(38-28(31)33)16-19-5-11-24(23(30)15-19)37-39(34,35)21-8-6-20(29)7-9-21/h4-11,14-17H,12-13H2,1-3H3/b26-16-. The van der Waals surface area contributed by atoms with Gasteiger partial charge in [0.25, 0.3) is 11.1 Å². The highest BCUT2D eigenvalue weighted by atomic mass is 35.5. The third-order valence-electron chi connectivity index (χ3n) is 5.79. The molecular weight excluding hydrogens is 581 g/mol. The summed E-state index contributed by atoms with van der Waals surface area (Å²) in [4.78, 5) is 26.7. The minimum Gasteiger partial charge on any atom is -0.491 e. The summed E-state index contributed by atoms with van der Waals surface area (Å²) < 4.78 is 36.2. The number of benzene rings is 3. The Morgan fingerprint density at radius 1 is 0.974 bits per heavy atom. The maximum atomic E-state index is 12.9. The van der Waals surface area contributed by atoms with Gasteiger partial charge in [0.1, 0.15) is 17.3 Å². The van der Waals surface area contributed by atoms with Gasteiger partial charge in [0.2, 0.25) is 0 Å². The molecule has 0 spiro atoms. The van der Waals surface area contributed by atoms with Crippen molar-refractivity contribution in [1.82, 2.24) is 4.90 Å². The molecule has 0 aromatic heterocycles. The van der Waals surface area contributed by atoms with Crippen LogP contribution in [0.15, 0.2) is 70.5 Å². The Bertz CT molecular complexity index is 1550. The van der Waals surface area contributed by atoms with Gasteiger partial charge in [-0.1, -0.05) is 55.2 Å². The molecule has 0 radical (unpaired) electrons. The Hall–Kier alpha value is -2.98. The predicted molar refractivity (Wildman–Crippen MR) is 154 cm³/mol. The van der Waals surface area contributed by atoms with Crippen LogP contribution in [0, 0.1) is 6.92 Å². The topological polar surface area (TPSA) is 90.0 Å². The van der Waals surface area contributed by atoms with Gasteiger partial charge >= 0.3 is 10.1 Å². The summed E-state index contributed by atoms with van der Waals surface area (Å²) in [5.41, 5.74) is 2.61. The minimum absolute atomic E-state index is 0.0213. The van der Waals surface area contributed by atoms with E-state index < -0.39 is 21.3 Å². The van der Waals surface area contributed by atoms with Crippen molar-refractivity contribution < 1.29 is 26.9 Å². The van der Waals surface area contributed by atoms with E-state index in [4.69, 9.17) is 32.1 Å². The second-order valence-corrected chi connectivity index (χ2v) is 12.4. The summed E-state index contributed by atoms with van der Waals surface area (Å²) in [6.07, 6.45) is 1.52. The molecule has 0 saturated carbocycles. The molecule has 39 heavy (non-hydrogen) atoms. The van der Waals surface area contributed by atoms with Gasteiger partial charge in [-0.2, -0.15) is 8.42 Å². The van der Waals surface area contributed by atoms with Crippen molar-refractivity contribution >= 4 is 62.3 Å². The second-order valence-electron chi connectivity index (χ2n) is 9.06. The first-order valence-corrected chi connectivity index (χ1v) is 14.9. The third kappa shape index (κ3) is 6.97. The third-order valence-corrected chi connectivity index (χ3v) is 8.50. The number of hydrogen-bond acceptors (Lipinski definition) is 7. The predicted octanol–water partition coefficient (Wildman–Crippen LogP) is 7.31. The van der Waals surface area contributed by atoms with Crippen LogP contribution in [0.5, 0.6) is 11.5 Å². The Kier molecular flexibility index (Phi) is 8.96. The Morgan fingerprint density at radius 3 is 2.36 bits per heavy atom. The smallest absolute Gasteiger partial charge is 0.339 e. The molecule has 7 nitrogen and oxygen atoms in total. The van der Waals surface area contributed by atoms with Crippen molar-refractivity contribution in [2.45, 2.75) is 31.6 Å². The average Bonchev–Trinajstić information content (AvgIpc) is 3.13. The van der Waals surface area contributed by atoms with Gasteiger partial charge in [-0.15, -0.1) is 0 Å². The number of amides is 2. The van der Waals surface area contributed by atoms with Gasteiger partial charge in [-0.3, -0.25) is 14.5 Å². The Labute approximate surface area is 241 Å². The highest BCUT2D eigenvalue weighted by Crippen LogP contribution is 2.35. The fraction of sp³-hybridized carbons (Fsp3) is 0.214. The summed E-state index contributed by atoms with van der Waals surface area (Å²) in [6, 6.07) is 15.9. The Morgan fingerprint density at radius 2 is 1.69 bits per heavy atom. The zero-order chi connectivity index (χ0) is 28.3. The molecule has 1 heterocycles. The number of carbonyl (C=O) groups is 2. The van der Waals surface area contributed by atoms with E-state index in [0.29, 0.717) is 10.6 Å². The van der Waals surface area contributed by atoms with Gasteiger partial charge in [-0.25, -0.2) is 0 Å². The molecule has 0 aliphatic carbocycles. The molecule has 1 aliphatic rings. The lowest BCUT2D eigenvalue weighted by Gasteiger charge is -2.17. The number of imide groups is 1. The fourth-order valence-electron chi connectivity index (χ4n) is 3.78. The number of hydrogen-bond donors (Lipinski definition) is 0. The van der Waals surface area contributed by atoms with Gasteiger partial charge in [0.05, 0.1) is 16.5 Å². The normalized spacial score (nSPS) is 14.9. The van der Waals surface area contributed by atoms with E-state index in [1.54, 1.807) is 6.07 Å². The molecule has 1 aliphatic heterocycles. The molecule has 11 heteroatoms. The summed E-state index contributed by atoms with van der Waals surface area (Å²) in [7, 11) is -4.13. The van der Waals surface area contributed by atoms with Crippen LogP contribution in [-0.2, 0) is 14.9 Å². The van der Waals surface area contributed by atoms with E-state index in [2.05, 4.69) is 13.8 Å². The van der Waals surface area contributed by atoms with Gasteiger partial charge in [-0.05, 0) is 89.8 Å². The minimum atomic E-state index is -4.13. The van der Waals surface area contributed by atoms with E-state index in [9.17, 15) is 18.0 Å². The highest BCUT2D eigenvalue weighted by molar-refractivity contribution is 8.18. The monoisotopic (exact) mass is 605 g/mol. The molecule has 0 N–H and O–H groups in total. The molecule has 4 rings (SSSR count). The Balaban J connectivity index is 1.42. The lowest BCUT2D eigenvalue weighted by molar-refractivity contribution is -0.123. The van der Waals surface area contributed by atoms with Crippen LogP contribution >= 0.6 is 35.0 Å². The number of nitrogens with zero attached hydrogens (tertiary/aromatic N) is 1. The number of aryl methyl sites for hydroxylation is 1. The average molecular weight is 607 g/mol. The lowest BCUT2D eigenvalue weighted by Crippen LogP contribution is -2.32. The van der Waals surface area contributed by atoms with Gasteiger partial charge in [0.15, 0.2) is 5.75 Å². The number of rotatable bonds is 9. The van der Waals surface area contributed by atoms with Crippen LogP contribution < -0.4 is 8.92 Å². The van der Waals surface area contributed by atoms with E-state index >= 15 is 0 Å². The summed E-state index contributed by atoms with van der Waals surface area (Å²) >= 11 is 12.9.